The smallest absolute Gasteiger partial charge is 0.330 e. The van der Waals surface area contributed by atoms with Gasteiger partial charge in [0.05, 0.1) is 0 Å². The van der Waals surface area contributed by atoms with Crippen molar-refractivity contribution in [3.05, 3.63) is 107 Å². The average molecular weight is 447 g/mol. The molecule has 0 aromatic heterocycles. The molecule has 172 valence electrons. The molecule has 0 spiro atoms. The second-order valence-corrected chi connectivity index (χ2v) is 7.38. The molecule has 7 nitrogen and oxygen atoms in total. The number of hydrogen-bond donors (Lipinski definition) is 5. The minimum absolute atomic E-state index is 0.160. The van der Waals surface area contributed by atoms with Crippen LogP contribution in [0.1, 0.15) is 45.9 Å². The topological polar surface area (TPSA) is 142 Å². The van der Waals surface area contributed by atoms with E-state index in [2.05, 4.69) is 29.6 Å². The highest BCUT2D eigenvalue weighted by Crippen LogP contribution is 2.14. The number of nitrogen functional groups attached to an aromatic ring is 1. The molecule has 0 unspecified atom stereocenters. The normalized spacial score (nSPS) is 10.9. The standard InChI is InChI=1S/C16H15N3O3.C10H15N/c17-14(18)11-7-4-8-12(9-11)15(20)19-13(16(21)22)10-5-2-1-3-6-10;11-9-5-4-8-10-6-2-1-3-7-10/h1-9,13H,(H3,17,18)(H,19,20)(H,21,22);1-3,6-7H,4-5,8-9,11H2/t13-;/m1./s1. The van der Waals surface area contributed by atoms with E-state index < -0.39 is 17.9 Å². The Morgan fingerprint density at radius 1 is 0.879 bits per heavy atom. The number of nitrogens with two attached hydrogens (primary N) is 2. The molecule has 0 aliphatic heterocycles. The van der Waals surface area contributed by atoms with Crippen LogP contribution in [0.15, 0.2) is 84.9 Å². The van der Waals surface area contributed by atoms with E-state index >= 15 is 0 Å². The summed E-state index contributed by atoms with van der Waals surface area (Å²) in [6, 6.07) is 24.0. The van der Waals surface area contributed by atoms with Gasteiger partial charge in [-0.3, -0.25) is 10.2 Å². The minimum atomic E-state index is -1.15. The van der Waals surface area contributed by atoms with E-state index in [1.807, 2.05) is 6.07 Å². The van der Waals surface area contributed by atoms with Gasteiger partial charge in [0.15, 0.2) is 6.04 Å². The fourth-order valence-corrected chi connectivity index (χ4v) is 3.09. The van der Waals surface area contributed by atoms with E-state index in [1.165, 1.54) is 24.1 Å². The van der Waals surface area contributed by atoms with Crippen molar-refractivity contribution < 1.29 is 14.7 Å². The van der Waals surface area contributed by atoms with Crippen molar-refractivity contribution >= 4 is 17.7 Å². The Labute approximate surface area is 194 Å². The lowest BCUT2D eigenvalue weighted by atomic mass is 10.1. The van der Waals surface area contributed by atoms with Crippen LogP contribution < -0.4 is 16.8 Å². The molecule has 0 aliphatic rings. The summed E-state index contributed by atoms with van der Waals surface area (Å²) in [5.74, 6) is -1.85. The van der Waals surface area contributed by atoms with Gasteiger partial charge in [0.1, 0.15) is 5.84 Å². The first-order valence-corrected chi connectivity index (χ1v) is 10.7. The molecular formula is C26H30N4O3. The number of benzene rings is 3. The lowest BCUT2D eigenvalue weighted by Gasteiger charge is -2.15. The number of carbonyl (C=O) groups is 2. The third-order valence-electron chi connectivity index (χ3n) is 4.85. The summed E-state index contributed by atoms with van der Waals surface area (Å²) >= 11 is 0. The SMILES string of the molecule is N=C(N)c1cccc(C(=O)N[C@@H](C(=O)O)c2ccccc2)c1.NCCCCc1ccccc1. The van der Waals surface area contributed by atoms with Crippen molar-refractivity contribution in [3.63, 3.8) is 0 Å². The van der Waals surface area contributed by atoms with Crippen LogP contribution in [0.2, 0.25) is 0 Å². The summed E-state index contributed by atoms with van der Waals surface area (Å²) in [6.45, 7) is 0.812. The molecule has 0 fully saturated rings. The zero-order valence-electron chi connectivity index (χ0n) is 18.4. The van der Waals surface area contributed by atoms with Gasteiger partial charge in [-0.15, -0.1) is 0 Å². The molecule has 0 saturated carbocycles. The van der Waals surface area contributed by atoms with Gasteiger partial charge in [-0.25, -0.2) is 4.79 Å². The second-order valence-electron chi connectivity index (χ2n) is 7.38. The maximum absolute atomic E-state index is 12.2. The maximum Gasteiger partial charge on any atom is 0.330 e. The monoisotopic (exact) mass is 446 g/mol. The molecule has 3 aromatic rings. The zero-order chi connectivity index (χ0) is 24.1. The Kier molecular flexibility index (Phi) is 10.3. The molecular weight excluding hydrogens is 416 g/mol. The van der Waals surface area contributed by atoms with Gasteiger partial charge in [0.2, 0.25) is 0 Å². The number of aliphatic carboxylic acids is 1. The summed E-state index contributed by atoms with van der Waals surface area (Å²) < 4.78 is 0. The number of carbonyl (C=O) groups excluding carboxylic acids is 1. The number of unbranched alkanes of at least 4 members (excludes halogenated alkanes) is 1. The van der Waals surface area contributed by atoms with Gasteiger partial charge in [0.25, 0.3) is 5.91 Å². The number of carboxylic acid groups (broad SMARTS) is 1. The Morgan fingerprint density at radius 3 is 2.06 bits per heavy atom. The van der Waals surface area contributed by atoms with Crippen LogP contribution in [-0.2, 0) is 11.2 Å². The molecule has 1 atom stereocenters. The number of nitrogens with one attached hydrogen (secondary N) is 2. The first-order valence-electron chi connectivity index (χ1n) is 10.7. The number of aryl methyl sites for hydroxylation is 1. The lowest BCUT2D eigenvalue weighted by Crippen LogP contribution is -2.33. The lowest BCUT2D eigenvalue weighted by molar-refractivity contribution is -0.139. The van der Waals surface area contributed by atoms with Crippen LogP contribution in [-0.4, -0.2) is 29.4 Å². The number of amides is 1. The molecule has 3 aromatic carbocycles. The predicted molar refractivity (Wildman–Crippen MR) is 130 cm³/mol. The Hall–Kier alpha value is -3.97. The van der Waals surface area contributed by atoms with E-state index in [-0.39, 0.29) is 11.4 Å². The van der Waals surface area contributed by atoms with Crippen LogP contribution in [0, 0.1) is 5.41 Å². The Morgan fingerprint density at radius 2 is 1.48 bits per heavy atom. The Balaban J connectivity index is 0.000000294. The first kappa shape index (κ1) is 25.3. The van der Waals surface area contributed by atoms with Crippen molar-refractivity contribution in [2.24, 2.45) is 11.5 Å². The highest BCUT2D eigenvalue weighted by molar-refractivity contribution is 6.01. The van der Waals surface area contributed by atoms with Gasteiger partial charge >= 0.3 is 5.97 Å². The third kappa shape index (κ3) is 8.59. The van der Waals surface area contributed by atoms with Gasteiger partial charge in [-0.05, 0) is 49.1 Å². The highest BCUT2D eigenvalue weighted by atomic mass is 16.4. The van der Waals surface area contributed by atoms with Gasteiger partial charge < -0.3 is 21.9 Å². The fraction of sp³-hybridized carbons (Fsp3) is 0.192. The van der Waals surface area contributed by atoms with Crippen molar-refractivity contribution in [1.29, 1.82) is 5.41 Å². The van der Waals surface area contributed by atoms with E-state index in [0.29, 0.717) is 11.1 Å². The average Bonchev–Trinajstić information content (AvgIpc) is 2.84. The molecule has 0 bridgehead atoms. The van der Waals surface area contributed by atoms with Crippen molar-refractivity contribution in [2.75, 3.05) is 6.54 Å². The quantitative estimate of drug-likeness (QED) is 0.194. The molecule has 7 heteroatoms. The second kappa shape index (κ2) is 13.4. The molecule has 0 aliphatic carbocycles. The van der Waals surface area contributed by atoms with Crippen molar-refractivity contribution in [2.45, 2.75) is 25.3 Å². The van der Waals surface area contributed by atoms with Gasteiger partial charge in [0, 0.05) is 11.1 Å². The summed E-state index contributed by atoms with van der Waals surface area (Å²) in [4.78, 5) is 23.6. The zero-order valence-corrected chi connectivity index (χ0v) is 18.4. The van der Waals surface area contributed by atoms with E-state index in [4.69, 9.17) is 16.9 Å². The van der Waals surface area contributed by atoms with E-state index in [9.17, 15) is 14.7 Å². The Bertz CT molecular complexity index is 1040. The number of carboxylic acids is 1. The third-order valence-corrected chi connectivity index (χ3v) is 4.85. The van der Waals surface area contributed by atoms with Crippen LogP contribution in [0.3, 0.4) is 0 Å². The first-order chi connectivity index (χ1) is 15.9. The van der Waals surface area contributed by atoms with Crippen LogP contribution in [0.4, 0.5) is 0 Å². The molecule has 0 radical (unpaired) electrons. The molecule has 1 amide bonds. The largest absolute Gasteiger partial charge is 0.479 e. The van der Waals surface area contributed by atoms with E-state index in [1.54, 1.807) is 42.5 Å². The highest BCUT2D eigenvalue weighted by Gasteiger charge is 2.22. The molecule has 0 saturated heterocycles. The summed E-state index contributed by atoms with van der Waals surface area (Å²) in [5, 5.41) is 19.1. The van der Waals surface area contributed by atoms with Gasteiger partial charge in [-0.2, -0.15) is 0 Å². The summed E-state index contributed by atoms with van der Waals surface area (Å²) in [7, 11) is 0. The summed E-state index contributed by atoms with van der Waals surface area (Å²) in [5.41, 5.74) is 13.3. The van der Waals surface area contributed by atoms with Crippen LogP contribution >= 0.6 is 0 Å². The molecule has 7 N–H and O–H groups in total. The number of rotatable bonds is 9. The van der Waals surface area contributed by atoms with Crippen molar-refractivity contribution in [3.8, 4) is 0 Å². The van der Waals surface area contributed by atoms with Gasteiger partial charge in [-0.1, -0.05) is 72.8 Å². The predicted octanol–water partition coefficient (Wildman–Crippen LogP) is 3.49. The van der Waals surface area contributed by atoms with Crippen molar-refractivity contribution in [1.82, 2.24) is 5.32 Å². The minimum Gasteiger partial charge on any atom is -0.479 e. The fourth-order valence-electron chi connectivity index (χ4n) is 3.09. The summed E-state index contributed by atoms with van der Waals surface area (Å²) in [6.07, 6.45) is 3.51. The van der Waals surface area contributed by atoms with Crippen LogP contribution in [0.25, 0.3) is 0 Å². The molecule has 33 heavy (non-hydrogen) atoms. The molecule has 3 rings (SSSR count). The number of amidine groups is 1. The van der Waals surface area contributed by atoms with Crippen LogP contribution in [0.5, 0.6) is 0 Å². The van der Waals surface area contributed by atoms with E-state index in [0.717, 1.165) is 19.4 Å². The number of hydrogen-bond acceptors (Lipinski definition) is 4. The molecule has 0 heterocycles. The maximum atomic E-state index is 12.2.